The van der Waals surface area contributed by atoms with E-state index in [1.54, 1.807) is 12.1 Å². The summed E-state index contributed by atoms with van der Waals surface area (Å²) in [6.07, 6.45) is -0.250. The van der Waals surface area contributed by atoms with Crippen LogP contribution >= 0.6 is 11.6 Å². The minimum atomic E-state index is -0.609. The SMILES string of the molecule is CC(NCCC(=O)c1ccc(Cl)c2ccccc12)C(O)c1ccccc1. The Balaban J connectivity index is 1.62. The van der Waals surface area contributed by atoms with Crippen LogP contribution in [0.2, 0.25) is 5.02 Å². The predicted octanol–water partition coefficient (Wildman–Crippen LogP) is 4.78. The van der Waals surface area contributed by atoms with Gasteiger partial charge in [-0.25, -0.2) is 0 Å². The predicted molar refractivity (Wildman–Crippen MR) is 107 cm³/mol. The van der Waals surface area contributed by atoms with E-state index in [1.807, 2.05) is 61.5 Å². The molecule has 0 radical (unpaired) electrons. The third kappa shape index (κ3) is 4.13. The average Bonchev–Trinajstić information content (AvgIpc) is 2.68. The minimum absolute atomic E-state index is 0.0618. The Bertz CT molecular complexity index is 895. The summed E-state index contributed by atoms with van der Waals surface area (Å²) in [7, 11) is 0. The molecule has 2 unspecified atom stereocenters. The minimum Gasteiger partial charge on any atom is -0.387 e. The molecule has 0 aliphatic heterocycles. The standard InChI is InChI=1S/C22H22ClNO2/c1-15(22(26)16-7-3-2-4-8-16)24-14-13-21(25)19-11-12-20(23)18-10-6-5-9-17(18)19/h2-12,15,22,24,26H,13-14H2,1H3. The van der Waals surface area contributed by atoms with Gasteiger partial charge in [-0.1, -0.05) is 66.2 Å². The maximum absolute atomic E-state index is 12.6. The number of nitrogens with one attached hydrogen (secondary N) is 1. The molecule has 0 heterocycles. The Morgan fingerprint density at radius 1 is 1.00 bits per heavy atom. The zero-order chi connectivity index (χ0) is 18.5. The second-order valence-electron chi connectivity index (χ2n) is 6.41. The van der Waals surface area contributed by atoms with Gasteiger partial charge in [0.2, 0.25) is 0 Å². The monoisotopic (exact) mass is 367 g/mol. The van der Waals surface area contributed by atoms with E-state index in [1.165, 1.54) is 0 Å². The first-order valence-electron chi connectivity index (χ1n) is 8.75. The maximum atomic E-state index is 12.6. The van der Waals surface area contributed by atoms with Crippen molar-refractivity contribution in [3.8, 4) is 0 Å². The van der Waals surface area contributed by atoms with Crippen LogP contribution in [-0.2, 0) is 0 Å². The number of aliphatic hydroxyl groups is 1. The highest BCUT2D eigenvalue weighted by atomic mass is 35.5. The van der Waals surface area contributed by atoms with Gasteiger partial charge in [-0.15, -0.1) is 0 Å². The van der Waals surface area contributed by atoms with Crippen molar-refractivity contribution in [2.75, 3.05) is 6.54 Å². The van der Waals surface area contributed by atoms with E-state index in [0.717, 1.165) is 16.3 Å². The van der Waals surface area contributed by atoms with Crippen LogP contribution in [0.5, 0.6) is 0 Å². The lowest BCUT2D eigenvalue weighted by Crippen LogP contribution is -2.33. The van der Waals surface area contributed by atoms with Crippen molar-refractivity contribution in [3.05, 3.63) is 82.9 Å². The van der Waals surface area contributed by atoms with Gasteiger partial charge in [0.25, 0.3) is 0 Å². The van der Waals surface area contributed by atoms with Crippen molar-refractivity contribution in [2.45, 2.75) is 25.5 Å². The normalized spacial score (nSPS) is 13.5. The first-order chi connectivity index (χ1) is 12.6. The zero-order valence-electron chi connectivity index (χ0n) is 14.7. The van der Waals surface area contributed by atoms with Crippen molar-refractivity contribution in [1.82, 2.24) is 5.32 Å². The summed E-state index contributed by atoms with van der Waals surface area (Å²) in [5.41, 5.74) is 1.55. The van der Waals surface area contributed by atoms with Crippen LogP contribution in [0, 0.1) is 0 Å². The van der Waals surface area contributed by atoms with Crippen molar-refractivity contribution >= 4 is 28.2 Å². The van der Waals surface area contributed by atoms with E-state index in [9.17, 15) is 9.90 Å². The van der Waals surface area contributed by atoms with Gasteiger partial charge < -0.3 is 10.4 Å². The molecule has 0 aliphatic carbocycles. The maximum Gasteiger partial charge on any atom is 0.164 e. The summed E-state index contributed by atoms with van der Waals surface area (Å²) < 4.78 is 0. The van der Waals surface area contributed by atoms with Gasteiger partial charge in [0.1, 0.15) is 0 Å². The molecular formula is C22H22ClNO2. The Morgan fingerprint density at radius 2 is 1.65 bits per heavy atom. The number of carbonyl (C=O) groups is 1. The van der Waals surface area contributed by atoms with Gasteiger partial charge in [0, 0.05) is 35.0 Å². The number of rotatable bonds is 7. The lowest BCUT2D eigenvalue weighted by Gasteiger charge is -2.20. The van der Waals surface area contributed by atoms with Gasteiger partial charge >= 0.3 is 0 Å². The van der Waals surface area contributed by atoms with Crippen molar-refractivity contribution < 1.29 is 9.90 Å². The Morgan fingerprint density at radius 3 is 2.38 bits per heavy atom. The molecule has 0 bridgehead atoms. The molecule has 0 fully saturated rings. The number of fused-ring (bicyclic) bond motifs is 1. The Labute approximate surface area is 158 Å². The van der Waals surface area contributed by atoms with Crippen molar-refractivity contribution in [1.29, 1.82) is 0 Å². The second-order valence-corrected chi connectivity index (χ2v) is 6.82. The molecule has 0 aromatic heterocycles. The lowest BCUT2D eigenvalue weighted by atomic mass is 9.99. The number of Topliss-reactive ketones (excluding diaryl/α,β-unsaturated/α-hetero) is 1. The van der Waals surface area contributed by atoms with E-state index >= 15 is 0 Å². The fourth-order valence-corrected chi connectivity index (χ4v) is 3.33. The van der Waals surface area contributed by atoms with Crippen LogP contribution in [0.3, 0.4) is 0 Å². The summed E-state index contributed by atoms with van der Waals surface area (Å²) in [6.45, 7) is 2.42. The number of aliphatic hydroxyl groups excluding tert-OH is 1. The van der Waals surface area contributed by atoms with E-state index in [0.29, 0.717) is 23.6 Å². The van der Waals surface area contributed by atoms with E-state index < -0.39 is 6.10 Å². The summed E-state index contributed by atoms with van der Waals surface area (Å²) in [4.78, 5) is 12.6. The first kappa shape index (κ1) is 18.6. The highest BCUT2D eigenvalue weighted by molar-refractivity contribution is 6.36. The van der Waals surface area contributed by atoms with E-state index in [2.05, 4.69) is 5.32 Å². The fraction of sp³-hybridized carbons (Fsp3) is 0.227. The summed E-state index contributed by atoms with van der Waals surface area (Å²) in [6, 6.07) is 20.6. The highest BCUT2D eigenvalue weighted by Gasteiger charge is 2.17. The van der Waals surface area contributed by atoms with E-state index in [-0.39, 0.29) is 11.8 Å². The molecule has 0 saturated carbocycles. The third-order valence-corrected chi connectivity index (χ3v) is 4.93. The van der Waals surface area contributed by atoms with Crippen LogP contribution in [0.15, 0.2) is 66.7 Å². The number of ketones is 1. The number of benzene rings is 3. The van der Waals surface area contributed by atoms with Gasteiger partial charge in [0.15, 0.2) is 5.78 Å². The number of carbonyl (C=O) groups excluding carboxylic acids is 1. The van der Waals surface area contributed by atoms with Crippen LogP contribution in [0.25, 0.3) is 10.8 Å². The smallest absolute Gasteiger partial charge is 0.164 e. The number of hydrogen-bond acceptors (Lipinski definition) is 3. The Hall–Kier alpha value is -2.20. The Kier molecular flexibility index (Phi) is 6.04. The molecule has 0 aliphatic rings. The average molecular weight is 368 g/mol. The van der Waals surface area contributed by atoms with Crippen LogP contribution in [0.1, 0.15) is 35.4 Å². The molecular weight excluding hydrogens is 346 g/mol. The lowest BCUT2D eigenvalue weighted by molar-refractivity contribution is 0.0973. The van der Waals surface area contributed by atoms with Crippen LogP contribution in [0.4, 0.5) is 0 Å². The van der Waals surface area contributed by atoms with E-state index in [4.69, 9.17) is 11.6 Å². The topological polar surface area (TPSA) is 49.3 Å². The molecule has 0 spiro atoms. The fourth-order valence-electron chi connectivity index (χ4n) is 3.10. The summed E-state index contributed by atoms with van der Waals surface area (Å²) >= 11 is 6.22. The third-order valence-electron chi connectivity index (χ3n) is 4.60. The molecule has 3 aromatic carbocycles. The second kappa shape index (κ2) is 8.45. The summed E-state index contributed by atoms with van der Waals surface area (Å²) in [5.74, 6) is 0.0618. The molecule has 3 rings (SSSR count). The molecule has 4 heteroatoms. The molecule has 0 saturated heterocycles. The molecule has 26 heavy (non-hydrogen) atoms. The molecule has 3 aromatic rings. The van der Waals surface area contributed by atoms with Gasteiger partial charge in [-0.2, -0.15) is 0 Å². The van der Waals surface area contributed by atoms with Crippen molar-refractivity contribution in [3.63, 3.8) is 0 Å². The zero-order valence-corrected chi connectivity index (χ0v) is 15.4. The molecule has 2 N–H and O–H groups in total. The molecule has 0 amide bonds. The van der Waals surface area contributed by atoms with Gasteiger partial charge in [-0.3, -0.25) is 4.79 Å². The van der Waals surface area contributed by atoms with Crippen LogP contribution in [-0.4, -0.2) is 23.5 Å². The summed E-state index contributed by atoms with van der Waals surface area (Å²) in [5, 5.41) is 16.0. The van der Waals surface area contributed by atoms with Crippen molar-refractivity contribution in [2.24, 2.45) is 0 Å². The number of halogens is 1. The highest BCUT2D eigenvalue weighted by Crippen LogP contribution is 2.27. The van der Waals surface area contributed by atoms with Gasteiger partial charge in [-0.05, 0) is 30.0 Å². The molecule has 3 nitrogen and oxygen atoms in total. The largest absolute Gasteiger partial charge is 0.387 e. The number of hydrogen-bond donors (Lipinski definition) is 2. The first-order valence-corrected chi connectivity index (χ1v) is 9.12. The van der Waals surface area contributed by atoms with Crippen LogP contribution < -0.4 is 5.32 Å². The molecule has 2 atom stereocenters. The quantitative estimate of drug-likeness (QED) is 0.591. The van der Waals surface area contributed by atoms with Gasteiger partial charge in [0.05, 0.1) is 6.10 Å². The molecule has 134 valence electrons.